The molecule has 25 heavy (non-hydrogen) atoms. The van der Waals surface area contributed by atoms with Gasteiger partial charge in [0.25, 0.3) is 5.91 Å². The third-order valence-corrected chi connectivity index (χ3v) is 4.25. The molecule has 2 aromatic rings. The largest absolute Gasteiger partial charge is 0.349 e. The molecule has 0 spiro atoms. The van der Waals surface area contributed by atoms with E-state index in [2.05, 4.69) is 34.7 Å². The van der Waals surface area contributed by atoms with Gasteiger partial charge >= 0.3 is 6.03 Å². The minimum absolute atomic E-state index is 0.0418. The molecule has 5 nitrogen and oxygen atoms in total. The Bertz CT molecular complexity index is 784. The highest BCUT2D eigenvalue weighted by Crippen LogP contribution is 2.30. The number of nitrogens with one attached hydrogen (secondary N) is 3. The third kappa shape index (κ3) is 4.07. The fourth-order valence-corrected chi connectivity index (χ4v) is 3.00. The summed E-state index contributed by atoms with van der Waals surface area (Å²) >= 11 is 0. The number of anilines is 1. The third-order valence-electron chi connectivity index (χ3n) is 4.25. The molecule has 2 aromatic carbocycles. The number of urea groups is 1. The average Bonchev–Trinajstić information content (AvgIpc) is 3.03. The zero-order valence-electron chi connectivity index (χ0n) is 13.9. The van der Waals surface area contributed by atoms with Crippen molar-refractivity contribution in [2.75, 3.05) is 11.9 Å². The number of carbonyl (C=O) groups is 2. The van der Waals surface area contributed by atoms with Crippen molar-refractivity contribution in [3.63, 3.8) is 0 Å². The SMILES string of the molecule is C=CCNC(=O)c1ccc(NC(=O)NC2CCc3ccccc32)cc1. The van der Waals surface area contributed by atoms with Crippen molar-refractivity contribution in [2.45, 2.75) is 18.9 Å². The van der Waals surface area contributed by atoms with Crippen LogP contribution in [0.25, 0.3) is 0 Å². The Balaban J connectivity index is 1.57. The van der Waals surface area contributed by atoms with Crippen molar-refractivity contribution in [1.29, 1.82) is 0 Å². The van der Waals surface area contributed by atoms with Crippen LogP contribution in [0.1, 0.15) is 33.9 Å². The highest BCUT2D eigenvalue weighted by atomic mass is 16.2. The maximum atomic E-state index is 12.2. The van der Waals surface area contributed by atoms with Crippen molar-refractivity contribution < 1.29 is 9.59 Å². The van der Waals surface area contributed by atoms with Gasteiger partial charge in [-0.15, -0.1) is 6.58 Å². The molecule has 0 saturated heterocycles. The van der Waals surface area contributed by atoms with Crippen LogP contribution in [0.5, 0.6) is 0 Å². The van der Waals surface area contributed by atoms with Gasteiger partial charge in [0.2, 0.25) is 0 Å². The van der Waals surface area contributed by atoms with Crippen LogP contribution in [0.2, 0.25) is 0 Å². The lowest BCUT2D eigenvalue weighted by molar-refractivity contribution is 0.0958. The number of hydrogen-bond donors (Lipinski definition) is 3. The lowest BCUT2D eigenvalue weighted by Crippen LogP contribution is -2.31. The average molecular weight is 335 g/mol. The maximum Gasteiger partial charge on any atom is 0.319 e. The van der Waals surface area contributed by atoms with Gasteiger partial charge in [0.05, 0.1) is 6.04 Å². The van der Waals surface area contributed by atoms with Crippen molar-refractivity contribution in [2.24, 2.45) is 0 Å². The predicted molar refractivity (Wildman–Crippen MR) is 98.6 cm³/mol. The molecule has 3 rings (SSSR count). The second-order valence-corrected chi connectivity index (χ2v) is 5.96. The zero-order chi connectivity index (χ0) is 17.6. The quantitative estimate of drug-likeness (QED) is 0.733. The van der Waals surface area contributed by atoms with Crippen LogP contribution in [0.4, 0.5) is 10.5 Å². The normalized spacial score (nSPS) is 15.1. The summed E-state index contributed by atoms with van der Waals surface area (Å²) in [6.07, 6.45) is 3.52. The van der Waals surface area contributed by atoms with E-state index < -0.39 is 0 Å². The molecular weight excluding hydrogens is 314 g/mol. The van der Waals surface area contributed by atoms with Crippen LogP contribution in [0, 0.1) is 0 Å². The van der Waals surface area contributed by atoms with Crippen LogP contribution >= 0.6 is 0 Å². The second kappa shape index (κ2) is 7.66. The Hall–Kier alpha value is -3.08. The Morgan fingerprint density at radius 2 is 1.88 bits per heavy atom. The van der Waals surface area contributed by atoms with Crippen LogP contribution in [-0.2, 0) is 6.42 Å². The second-order valence-electron chi connectivity index (χ2n) is 5.96. The predicted octanol–water partition coefficient (Wildman–Crippen LogP) is 3.41. The van der Waals surface area contributed by atoms with Crippen molar-refractivity contribution in [1.82, 2.24) is 10.6 Å². The molecule has 1 atom stereocenters. The van der Waals surface area contributed by atoms with Gasteiger partial charge in [0.1, 0.15) is 0 Å². The van der Waals surface area contributed by atoms with E-state index in [1.54, 1.807) is 30.3 Å². The Kier molecular flexibility index (Phi) is 5.14. The lowest BCUT2D eigenvalue weighted by Gasteiger charge is -2.15. The molecule has 3 N–H and O–H groups in total. The Labute approximate surface area is 147 Å². The summed E-state index contributed by atoms with van der Waals surface area (Å²) in [7, 11) is 0. The topological polar surface area (TPSA) is 70.2 Å². The fraction of sp³-hybridized carbons (Fsp3) is 0.200. The monoisotopic (exact) mass is 335 g/mol. The van der Waals surface area contributed by atoms with Crippen LogP contribution < -0.4 is 16.0 Å². The molecule has 0 fully saturated rings. The molecule has 1 unspecified atom stereocenters. The van der Waals surface area contributed by atoms with E-state index in [9.17, 15) is 9.59 Å². The van der Waals surface area contributed by atoms with E-state index in [4.69, 9.17) is 0 Å². The molecule has 0 aliphatic heterocycles. The van der Waals surface area contributed by atoms with Gasteiger partial charge in [-0.3, -0.25) is 4.79 Å². The standard InChI is InChI=1S/C20H21N3O2/c1-2-13-21-19(24)15-7-10-16(11-8-15)22-20(25)23-18-12-9-14-5-3-4-6-17(14)18/h2-8,10-11,18H,1,9,12-13H2,(H,21,24)(H2,22,23,25). The Morgan fingerprint density at radius 3 is 2.64 bits per heavy atom. The Morgan fingerprint density at radius 1 is 1.12 bits per heavy atom. The number of benzene rings is 2. The lowest BCUT2D eigenvalue weighted by atomic mass is 10.1. The smallest absolute Gasteiger partial charge is 0.319 e. The summed E-state index contributed by atoms with van der Waals surface area (Å²) in [5.74, 6) is -0.168. The van der Waals surface area contributed by atoms with E-state index in [1.807, 2.05) is 12.1 Å². The molecule has 0 aromatic heterocycles. The van der Waals surface area contributed by atoms with Crippen molar-refractivity contribution >= 4 is 17.6 Å². The number of hydrogen-bond acceptors (Lipinski definition) is 2. The summed E-state index contributed by atoms with van der Waals surface area (Å²) in [6, 6.07) is 14.8. The number of aryl methyl sites for hydroxylation is 1. The first-order valence-corrected chi connectivity index (χ1v) is 8.32. The molecule has 0 radical (unpaired) electrons. The van der Waals surface area contributed by atoms with Gasteiger partial charge in [0.15, 0.2) is 0 Å². The van der Waals surface area contributed by atoms with Crippen LogP contribution in [0.3, 0.4) is 0 Å². The van der Waals surface area contributed by atoms with Crippen LogP contribution in [0.15, 0.2) is 61.2 Å². The molecule has 0 saturated carbocycles. The summed E-state index contributed by atoms with van der Waals surface area (Å²) in [6.45, 7) is 3.98. The molecule has 1 aliphatic rings. The minimum atomic E-state index is -0.245. The minimum Gasteiger partial charge on any atom is -0.349 e. The molecular formula is C20H21N3O2. The van der Waals surface area contributed by atoms with Crippen molar-refractivity contribution in [3.8, 4) is 0 Å². The van der Waals surface area contributed by atoms with Gasteiger partial charge in [-0.2, -0.15) is 0 Å². The fourth-order valence-electron chi connectivity index (χ4n) is 3.00. The van der Waals surface area contributed by atoms with Crippen molar-refractivity contribution in [3.05, 3.63) is 77.9 Å². The first-order valence-electron chi connectivity index (χ1n) is 8.32. The highest BCUT2D eigenvalue weighted by molar-refractivity contribution is 5.95. The highest BCUT2D eigenvalue weighted by Gasteiger charge is 2.23. The number of amides is 3. The molecule has 128 valence electrons. The molecule has 0 bridgehead atoms. The summed E-state index contributed by atoms with van der Waals surface area (Å²) in [5.41, 5.74) is 3.66. The van der Waals surface area contributed by atoms with E-state index >= 15 is 0 Å². The molecule has 1 aliphatic carbocycles. The van der Waals surface area contributed by atoms with Gasteiger partial charge in [0, 0.05) is 17.8 Å². The van der Waals surface area contributed by atoms with E-state index in [0.717, 1.165) is 12.8 Å². The van der Waals surface area contributed by atoms with Gasteiger partial charge in [-0.1, -0.05) is 30.3 Å². The number of fused-ring (bicyclic) bond motifs is 1. The molecule has 3 amide bonds. The van der Waals surface area contributed by atoms with Crippen LogP contribution in [-0.4, -0.2) is 18.5 Å². The van der Waals surface area contributed by atoms with Gasteiger partial charge in [-0.05, 0) is 48.2 Å². The first kappa shape index (κ1) is 16.8. The zero-order valence-corrected chi connectivity index (χ0v) is 13.9. The number of rotatable bonds is 5. The van der Waals surface area contributed by atoms with E-state index in [1.165, 1.54) is 11.1 Å². The van der Waals surface area contributed by atoms with E-state index in [-0.39, 0.29) is 18.0 Å². The first-order chi connectivity index (χ1) is 12.2. The number of carbonyl (C=O) groups excluding carboxylic acids is 2. The molecule has 0 heterocycles. The van der Waals surface area contributed by atoms with E-state index in [0.29, 0.717) is 17.8 Å². The van der Waals surface area contributed by atoms with Gasteiger partial charge in [-0.25, -0.2) is 4.79 Å². The summed E-state index contributed by atoms with van der Waals surface area (Å²) in [5, 5.41) is 8.53. The summed E-state index contributed by atoms with van der Waals surface area (Å²) < 4.78 is 0. The summed E-state index contributed by atoms with van der Waals surface area (Å²) in [4.78, 5) is 24.1. The molecule has 5 heteroatoms. The van der Waals surface area contributed by atoms with Gasteiger partial charge < -0.3 is 16.0 Å². The maximum absolute atomic E-state index is 12.2.